The van der Waals surface area contributed by atoms with Crippen molar-refractivity contribution in [2.24, 2.45) is 5.41 Å². The van der Waals surface area contributed by atoms with Crippen LogP contribution in [0.25, 0.3) is 0 Å². The monoisotopic (exact) mass is 655 g/mol. The van der Waals surface area contributed by atoms with E-state index in [1.165, 1.54) is 6.92 Å². The van der Waals surface area contributed by atoms with Gasteiger partial charge in [0, 0.05) is 0 Å². The van der Waals surface area contributed by atoms with E-state index in [-0.39, 0.29) is 53.6 Å². The molecule has 1 aliphatic rings. The van der Waals surface area contributed by atoms with Crippen molar-refractivity contribution in [2.75, 3.05) is 18.8 Å². The third-order valence-electron chi connectivity index (χ3n) is 7.35. The molecule has 1 atom stereocenters. The highest BCUT2D eigenvalue weighted by atomic mass is 35.5. The number of hydrogen-bond donors (Lipinski definition) is 1. The summed E-state index contributed by atoms with van der Waals surface area (Å²) in [5.41, 5.74) is -3.54. The van der Waals surface area contributed by atoms with Gasteiger partial charge in [-0.2, -0.15) is 18.3 Å². The van der Waals surface area contributed by atoms with Gasteiger partial charge in [0.25, 0.3) is 5.91 Å². The van der Waals surface area contributed by atoms with Crippen molar-refractivity contribution >= 4 is 52.0 Å². The van der Waals surface area contributed by atoms with E-state index >= 15 is 0 Å². The molecule has 0 saturated heterocycles. The van der Waals surface area contributed by atoms with Gasteiger partial charge in [-0.15, -0.1) is 0 Å². The zero-order valence-electron chi connectivity index (χ0n) is 23.4. The van der Waals surface area contributed by atoms with Crippen LogP contribution < -0.4 is 0 Å². The van der Waals surface area contributed by atoms with Crippen LogP contribution in [-0.2, 0) is 22.1 Å². The quantitative estimate of drug-likeness (QED) is 0.189. The van der Waals surface area contributed by atoms with Crippen molar-refractivity contribution in [3.63, 3.8) is 0 Å². The number of hydrogen-bond acceptors (Lipinski definition) is 5. The standard InChI is InChI=1S/C27H31Cl2F4N3O5S/c1-25(2,3)42(41)10-9-35(14-20(37)21-18(28)11-15(30)12-19(21)29)23(38)17-13-34-36(22(17)27(31,32)33)16-5-7-26(4,8-6-16)24(39)40/h11-13,16H,5-10,14H2,1-4H3,(H,39,40)/t16-,26-,42?. The molecule has 1 aromatic carbocycles. The van der Waals surface area contributed by atoms with Crippen LogP contribution in [0.2, 0.25) is 10.0 Å². The van der Waals surface area contributed by atoms with Crippen molar-refractivity contribution in [3.05, 3.63) is 51.0 Å². The number of ketones is 1. The summed E-state index contributed by atoms with van der Waals surface area (Å²) in [7, 11) is 0. The topological polar surface area (TPSA) is 116 Å². The van der Waals surface area contributed by atoms with Crippen molar-refractivity contribution in [1.29, 1.82) is 0 Å². The first-order chi connectivity index (χ1) is 19.3. The molecule has 0 bridgehead atoms. The second-order valence-electron chi connectivity index (χ2n) is 11.5. The average Bonchev–Trinajstić information content (AvgIpc) is 3.31. The fourth-order valence-electron chi connectivity index (χ4n) is 4.76. The van der Waals surface area contributed by atoms with Crippen molar-refractivity contribution in [3.8, 4) is 0 Å². The third-order valence-corrected chi connectivity index (χ3v) is 9.87. The van der Waals surface area contributed by atoms with E-state index < -0.39 is 74.8 Å². The highest BCUT2D eigenvalue weighted by Gasteiger charge is 2.45. The molecule has 1 amide bonds. The SMILES string of the molecule is CC(C)(C)[S+]([O-])CCN(CC(=O)c1c(Cl)cc(F)cc1Cl)C(=O)c1cnn([C@H]2CC[C@](C)(C(=O)O)CC2)c1C(F)(F)F. The Labute approximate surface area is 253 Å². The molecule has 2 aromatic rings. The Kier molecular flexibility index (Phi) is 10.3. The number of carboxylic acids is 1. The summed E-state index contributed by atoms with van der Waals surface area (Å²) in [5.74, 6) is -4.06. The molecule has 1 unspecified atom stereocenters. The Morgan fingerprint density at radius 2 is 1.71 bits per heavy atom. The van der Waals surface area contributed by atoms with Crippen LogP contribution in [0.3, 0.4) is 0 Å². The maximum Gasteiger partial charge on any atom is 0.433 e. The largest absolute Gasteiger partial charge is 0.616 e. The van der Waals surface area contributed by atoms with Crippen LogP contribution in [0, 0.1) is 11.2 Å². The van der Waals surface area contributed by atoms with Gasteiger partial charge in [-0.3, -0.25) is 19.1 Å². The van der Waals surface area contributed by atoms with E-state index in [4.69, 9.17) is 23.2 Å². The number of halogens is 6. The average molecular weight is 657 g/mol. The lowest BCUT2D eigenvalue weighted by Gasteiger charge is -2.34. The molecule has 0 aliphatic heterocycles. The van der Waals surface area contributed by atoms with E-state index in [1.807, 2.05) is 0 Å². The molecule has 0 spiro atoms. The molecule has 42 heavy (non-hydrogen) atoms. The summed E-state index contributed by atoms with van der Waals surface area (Å²) in [6, 6.07) is 0.871. The molecule has 232 valence electrons. The number of Topliss-reactive ketones (excluding diaryl/α,β-unsaturated/α-hetero) is 1. The number of amides is 1. The second kappa shape index (κ2) is 12.7. The number of nitrogens with zero attached hydrogens (tertiary/aromatic N) is 3. The Morgan fingerprint density at radius 1 is 1.17 bits per heavy atom. The van der Waals surface area contributed by atoms with Gasteiger partial charge in [-0.25, -0.2) is 4.39 Å². The molecule has 8 nitrogen and oxygen atoms in total. The number of carbonyl (C=O) groups is 3. The summed E-state index contributed by atoms with van der Waals surface area (Å²) in [6.07, 6.45) is -3.84. The molecule has 1 N–H and O–H groups in total. The Balaban J connectivity index is 1.99. The maximum absolute atomic E-state index is 14.4. The lowest BCUT2D eigenvalue weighted by molar-refractivity contribution is -0.152. The highest BCUT2D eigenvalue weighted by molar-refractivity contribution is 7.92. The van der Waals surface area contributed by atoms with Crippen molar-refractivity contribution < 1.29 is 41.6 Å². The molecule has 1 fully saturated rings. The van der Waals surface area contributed by atoms with Gasteiger partial charge in [0.05, 0.1) is 51.9 Å². The second-order valence-corrected chi connectivity index (χ2v) is 14.6. The van der Waals surface area contributed by atoms with Gasteiger partial charge in [0.2, 0.25) is 0 Å². The van der Waals surface area contributed by atoms with E-state index in [1.54, 1.807) is 20.8 Å². The number of carboxylic acid groups (broad SMARTS) is 1. The number of rotatable bonds is 9. The highest BCUT2D eigenvalue weighted by Crippen LogP contribution is 2.43. The van der Waals surface area contributed by atoms with E-state index in [9.17, 15) is 41.6 Å². The molecule has 1 aromatic heterocycles. The first-order valence-electron chi connectivity index (χ1n) is 13.0. The lowest BCUT2D eigenvalue weighted by Crippen LogP contribution is -2.42. The van der Waals surface area contributed by atoms with Gasteiger partial charge < -0.3 is 14.6 Å². The van der Waals surface area contributed by atoms with Crippen LogP contribution >= 0.6 is 23.2 Å². The molecule has 15 heteroatoms. The molecule has 1 saturated carbocycles. The summed E-state index contributed by atoms with van der Waals surface area (Å²) < 4.78 is 69.7. The Morgan fingerprint density at radius 3 is 2.19 bits per heavy atom. The van der Waals surface area contributed by atoms with Crippen LogP contribution in [0.15, 0.2) is 18.3 Å². The predicted octanol–water partition coefficient (Wildman–Crippen LogP) is 6.43. The van der Waals surface area contributed by atoms with Crippen LogP contribution in [-0.4, -0.2) is 65.6 Å². The zero-order valence-corrected chi connectivity index (χ0v) is 25.7. The minimum absolute atomic E-state index is 0.0928. The minimum Gasteiger partial charge on any atom is -0.616 e. The smallest absolute Gasteiger partial charge is 0.433 e. The van der Waals surface area contributed by atoms with Crippen molar-refractivity contribution in [2.45, 2.75) is 70.3 Å². The van der Waals surface area contributed by atoms with Crippen LogP contribution in [0.5, 0.6) is 0 Å². The summed E-state index contributed by atoms with van der Waals surface area (Å²) in [5, 5.41) is 12.7. The van der Waals surface area contributed by atoms with Gasteiger partial charge in [0.1, 0.15) is 16.3 Å². The molecule has 1 heterocycles. The lowest BCUT2D eigenvalue weighted by atomic mass is 9.74. The fourth-order valence-corrected chi connectivity index (χ4v) is 6.43. The zero-order chi connectivity index (χ0) is 31.8. The first-order valence-corrected chi connectivity index (χ1v) is 15.1. The summed E-state index contributed by atoms with van der Waals surface area (Å²) in [4.78, 5) is 39.3. The fraction of sp³-hybridized carbons (Fsp3) is 0.556. The minimum atomic E-state index is -5.03. The number of alkyl halides is 3. The maximum atomic E-state index is 14.4. The molecular formula is C27H31Cl2F4N3O5S. The van der Waals surface area contributed by atoms with Gasteiger partial charge in [0.15, 0.2) is 11.5 Å². The molecule has 0 radical (unpaired) electrons. The summed E-state index contributed by atoms with van der Waals surface area (Å²) >= 11 is 10.5. The van der Waals surface area contributed by atoms with E-state index in [2.05, 4.69) is 5.10 Å². The third kappa shape index (κ3) is 7.59. The van der Waals surface area contributed by atoms with Gasteiger partial charge in [-0.1, -0.05) is 23.2 Å². The number of carbonyl (C=O) groups excluding carboxylic acids is 2. The molecular weight excluding hydrogens is 625 g/mol. The number of aliphatic carboxylic acids is 1. The normalized spacial score (nSPS) is 20.3. The van der Waals surface area contributed by atoms with Gasteiger partial charge in [-0.05, 0) is 76.7 Å². The van der Waals surface area contributed by atoms with Gasteiger partial charge >= 0.3 is 12.1 Å². The van der Waals surface area contributed by atoms with E-state index in [0.717, 1.165) is 23.2 Å². The summed E-state index contributed by atoms with van der Waals surface area (Å²) in [6.45, 7) is 5.45. The van der Waals surface area contributed by atoms with E-state index in [0.29, 0.717) is 4.68 Å². The van der Waals surface area contributed by atoms with Crippen LogP contribution in [0.1, 0.15) is 85.8 Å². The Bertz CT molecular complexity index is 1330. The van der Waals surface area contributed by atoms with Crippen molar-refractivity contribution in [1.82, 2.24) is 14.7 Å². The predicted molar refractivity (Wildman–Crippen MR) is 150 cm³/mol. The number of benzene rings is 1. The number of aromatic nitrogens is 2. The first kappa shape index (κ1) is 34.1. The molecule has 1 aliphatic carbocycles. The van der Waals surface area contributed by atoms with Crippen LogP contribution in [0.4, 0.5) is 17.6 Å². The molecule has 3 rings (SSSR count). The Hall–Kier alpha value is -2.35.